The lowest BCUT2D eigenvalue weighted by molar-refractivity contribution is -0.257. The van der Waals surface area contributed by atoms with Crippen molar-refractivity contribution in [1.29, 1.82) is 0 Å². The van der Waals surface area contributed by atoms with Crippen molar-refractivity contribution < 1.29 is 27.9 Å². The van der Waals surface area contributed by atoms with E-state index >= 15 is 0 Å². The van der Waals surface area contributed by atoms with Gasteiger partial charge < -0.3 is 15.3 Å². The number of nitrogens with one attached hydrogen (secondary N) is 1. The fraction of sp³-hybridized carbons (Fsp3) is 0.522. The molecule has 2 aromatic heterocycles. The van der Waals surface area contributed by atoms with E-state index in [0.717, 1.165) is 23.9 Å². The van der Waals surface area contributed by atoms with E-state index in [4.69, 9.17) is 0 Å². The van der Waals surface area contributed by atoms with Crippen molar-refractivity contribution in [3.8, 4) is 0 Å². The number of aromatic nitrogens is 1. The monoisotopic (exact) mass is 483 g/mol. The number of aliphatic hydroxyl groups is 1. The molecule has 3 heterocycles. The van der Waals surface area contributed by atoms with Crippen LogP contribution in [0.3, 0.4) is 0 Å². The number of nitrogens with zero attached hydrogens (tertiary/aromatic N) is 2. The highest BCUT2D eigenvalue weighted by Crippen LogP contribution is 2.37. The van der Waals surface area contributed by atoms with Crippen LogP contribution in [0.4, 0.5) is 13.2 Å². The third-order valence-corrected chi connectivity index (χ3v) is 6.99. The molecular formula is C23H28F3N3O3S. The summed E-state index contributed by atoms with van der Waals surface area (Å²) >= 11 is 1.62. The molecule has 1 atom stereocenters. The van der Waals surface area contributed by atoms with E-state index in [2.05, 4.69) is 10.3 Å². The summed E-state index contributed by atoms with van der Waals surface area (Å²) in [6.45, 7) is 3.53. The molecular weight excluding hydrogens is 455 g/mol. The summed E-state index contributed by atoms with van der Waals surface area (Å²) < 4.78 is 39.8. The number of carbonyl (C=O) groups excluding carboxylic acids is 2. The molecule has 6 nitrogen and oxygen atoms in total. The Morgan fingerprint density at radius 2 is 1.94 bits per heavy atom. The molecule has 1 saturated heterocycles. The van der Waals surface area contributed by atoms with Crippen LogP contribution < -0.4 is 5.32 Å². The molecule has 0 aromatic carbocycles. The minimum Gasteiger partial charge on any atom is -0.373 e. The number of halogens is 3. The van der Waals surface area contributed by atoms with Crippen molar-refractivity contribution in [2.45, 2.75) is 57.2 Å². The maximum atomic E-state index is 13.3. The van der Waals surface area contributed by atoms with E-state index in [1.54, 1.807) is 23.5 Å². The molecule has 3 rings (SSSR count). The normalized spacial score (nSPS) is 17.0. The minimum absolute atomic E-state index is 0.0525. The third kappa shape index (κ3) is 5.55. The standard InChI is InChI=1S/C23H28F3N3O3S/c1-3-22(32,23(24,25)26)21(31)29-12-9-16(10-13-29)19-18(7-6-15(2)28-19)20(30)27-11-8-17-5-4-14-33-17/h4-7,14,16,32H,3,8-13H2,1-2H3,(H,27,30). The fourth-order valence-electron chi connectivity index (χ4n) is 4.02. The molecule has 2 amide bonds. The molecule has 0 saturated carbocycles. The highest BCUT2D eigenvalue weighted by atomic mass is 32.1. The van der Waals surface area contributed by atoms with E-state index < -0.39 is 24.1 Å². The number of pyridine rings is 1. The lowest BCUT2D eigenvalue weighted by atomic mass is 9.88. The van der Waals surface area contributed by atoms with E-state index in [0.29, 0.717) is 30.6 Å². The Bertz CT molecular complexity index is 973. The Balaban J connectivity index is 1.68. The molecule has 0 spiro atoms. The number of aryl methyl sites for hydroxylation is 1. The van der Waals surface area contributed by atoms with Gasteiger partial charge in [0.2, 0.25) is 5.60 Å². The Kier molecular flexibility index (Phi) is 7.79. The molecule has 0 bridgehead atoms. The summed E-state index contributed by atoms with van der Waals surface area (Å²) in [5.41, 5.74) is -1.61. The molecule has 0 radical (unpaired) electrons. The smallest absolute Gasteiger partial charge is 0.373 e. The maximum Gasteiger partial charge on any atom is 0.426 e. The molecule has 1 aliphatic heterocycles. The molecule has 2 aromatic rings. The Morgan fingerprint density at radius 3 is 2.52 bits per heavy atom. The predicted molar refractivity (Wildman–Crippen MR) is 119 cm³/mol. The highest BCUT2D eigenvalue weighted by Gasteiger charge is 2.59. The number of alkyl halides is 3. The second-order valence-corrected chi connectivity index (χ2v) is 9.28. The molecule has 1 unspecified atom stereocenters. The second kappa shape index (κ2) is 10.2. The number of likely N-dealkylation sites (tertiary alicyclic amines) is 1. The van der Waals surface area contributed by atoms with Crippen molar-refractivity contribution in [3.05, 3.63) is 51.5 Å². The van der Waals surface area contributed by atoms with E-state index in [-0.39, 0.29) is 24.9 Å². The van der Waals surface area contributed by atoms with Crippen LogP contribution in [0, 0.1) is 6.92 Å². The van der Waals surface area contributed by atoms with Gasteiger partial charge in [-0.1, -0.05) is 13.0 Å². The first-order chi connectivity index (χ1) is 15.6. The lowest BCUT2D eigenvalue weighted by Gasteiger charge is -2.38. The molecule has 10 heteroatoms. The van der Waals surface area contributed by atoms with Crippen LogP contribution in [-0.2, 0) is 11.2 Å². The quantitative estimate of drug-likeness (QED) is 0.627. The topological polar surface area (TPSA) is 82.5 Å². The van der Waals surface area contributed by atoms with Crippen molar-refractivity contribution in [3.63, 3.8) is 0 Å². The second-order valence-electron chi connectivity index (χ2n) is 8.25. The third-order valence-electron chi connectivity index (χ3n) is 6.05. The molecule has 1 fully saturated rings. The number of amides is 2. The van der Waals surface area contributed by atoms with Crippen molar-refractivity contribution in [2.24, 2.45) is 0 Å². The zero-order chi connectivity index (χ0) is 24.2. The first-order valence-electron chi connectivity index (χ1n) is 10.9. The summed E-state index contributed by atoms with van der Waals surface area (Å²) in [6.07, 6.45) is -4.35. The minimum atomic E-state index is -5.04. The molecule has 1 aliphatic rings. The van der Waals surface area contributed by atoms with Crippen molar-refractivity contribution in [2.75, 3.05) is 19.6 Å². The molecule has 180 valence electrons. The molecule has 33 heavy (non-hydrogen) atoms. The Hall–Kier alpha value is -2.46. The van der Waals surface area contributed by atoms with Gasteiger partial charge in [0.25, 0.3) is 11.8 Å². The van der Waals surface area contributed by atoms with Crippen LogP contribution in [0.2, 0.25) is 0 Å². The highest BCUT2D eigenvalue weighted by molar-refractivity contribution is 7.09. The molecule has 2 N–H and O–H groups in total. The van der Waals surface area contributed by atoms with Gasteiger partial charge in [0.15, 0.2) is 0 Å². The Morgan fingerprint density at radius 1 is 1.24 bits per heavy atom. The summed E-state index contributed by atoms with van der Waals surface area (Å²) in [5, 5.41) is 14.9. The van der Waals surface area contributed by atoms with Gasteiger partial charge in [-0.2, -0.15) is 13.2 Å². The van der Waals surface area contributed by atoms with Crippen molar-refractivity contribution in [1.82, 2.24) is 15.2 Å². The van der Waals surface area contributed by atoms with Gasteiger partial charge in [-0.15, -0.1) is 11.3 Å². The Labute approximate surface area is 194 Å². The zero-order valence-electron chi connectivity index (χ0n) is 18.6. The van der Waals surface area contributed by atoms with Crippen LogP contribution in [-0.4, -0.2) is 58.2 Å². The number of hydrogen-bond donors (Lipinski definition) is 2. The van der Waals surface area contributed by atoms with Gasteiger partial charge in [-0.05, 0) is 56.2 Å². The number of carbonyl (C=O) groups is 2. The maximum absolute atomic E-state index is 13.3. The van der Waals surface area contributed by atoms with Crippen LogP contribution in [0.25, 0.3) is 0 Å². The van der Waals surface area contributed by atoms with Crippen LogP contribution in [0.15, 0.2) is 29.6 Å². The summed E-state index contributed by atoms with van der Waals surface area (Å²) in [5.74, 6) is -1.74. The number of hydrogen-bond acceptors (Lipinski definition) is 5. The van der Waals surface area contributed by atoms with Crippen LogP contribution >= 0.6 is 11.3 Å². The fourth-order valence-corrected chi connectivity index (χ4v) is 4.73. The predicted octanol–water partition coefficient (Wildman–Crippen LogP) is 3.83. The van der Waals surface area contributed by atoms with E-state index in [9.17, 15) is 27.9 Å². The van der Waals surface area contributed by atoms with E-state index in [1.807, 2.05) is 24.4 Å². The SMILES string of the molecule is CCC(O)(C(=O)N1CCC(c2nc(C)ccc2C(=O)NCCc2cccs2)CC1)C(F)(F)F. The van der Waals surface area contributed by atoms with Gasteiger partial charge in [0.05, 0.1) is 11.3 Å². The summed E-state index contributed by atoms with van der Waals surface area (Å²) in [4.78, 5) is 32.1. The number of piperidine rings is 1. The first-order valence-corrected chi connectivity index (χ1v) is 11.8. The number of thiophene rings is 1. The van der Waals surface area contributed by atoms with E-state index in [1.165, 1.54) is 4.88 Å². The van der Waals surface area contributed by atoms with Crippen LogP contribution in [0.1, 0.15) is 58.7 Å². The first kappa shape index (κ1) is 25.2. The summed E-state index contributed by atoms with van der Waals surface area (Å²) in [6, 6.07) is 7.43. The van der Waals surface area contributed by atoms with Crippen molar-refractivity contribution >= 4 is 23.2 Å². The zero-order valence-corrected chi connectivity index (χ0v) is 19.4. The van der Waals surface area contributed by atoms with Gasteiger partial charge in [-0.25, -0.2) is 0 Å². The average Bonchev–Trinajstić information content (AvgIpc) is 3.30. The molecule has 0 aliphatic carbocycles. The van der Waals surface area contributed by atoms with Gasteiger partial charge in [0, 0.05) is 36.1 Å². The van der Waals surface area contributed by atoms with Gasteiger partial charge >= 0.3 is 6.18 Å². The van der Waals surface area contributed by atoms with Gasteiger partial charge in [0.1, 0.15) is 0 Å². The van der Waals surface area contributed by atoms with Gasteiger partial charge in [-0.3, -0.25) is 14.6 Å². The largest absolute Gasteiger partial charge is 0.426 e. The average molecular weight is 484 g/mol. The number of rotatable bonds is 7. The lowest BCUT2D eigenvalue weighted by Crippen LogP contribution is -2.58. The van der Waals surface area contributed by atoms with Crippen LogP contribution in [0.5, 0.6) is 0 Å². The summed E-state index contributed by atoms with van der Waals surface area (Å²) in [7, 11) is 0.